The third-order valence-corrected chi connectivity index (χ3v) is 4.17. The molecule has 2 rings (SSSR count). The molecule has 1 atom stereocenters. The summed E-state index contributed by atoms with van der Waals surface area (Å²) >= 11 is 0. The van der Waals surface area contributed by atoms with Gasteiger partial charge in [0.15, 0.2) is 0 Å². The number of nitrogens with one attached hydrogen (secondary N) is 2. The molecule has 0 saturated heterocycles. The van der Waals surface area contributed by atoms with Crippen LogP contribution < -0.4 is 10.6 Å². The molecule has 7 nitrogen and oxygen atoms in total. The van der Waals surface area contributed by atoms with E-state index in [1.165, 1.54) is 0 Å². The second kappa shape index (κ2) is 7.99. The molecule has 0 bridgehead atoms. The Morgan fingerprint density at radius 3 is 2.57 bits per heavy atom. The molecule has 0 aromatic carbocycles. The first-order chi connectivity index (χ1) is 11.0. The Balaban J connectivity index is 1.99. The molecule has 2 aliphatic rings. The maximum Gasteiger partial charge on any atom is 0.338 e. The number of urea groups is 1. The topological polar surface area (TPSA) is 93.7 Å². The molecule has 1 heterocycles. The predicted molar refractivity (Wildman–Crippen MR) is 82.3 cm³/mol. The summed E-state index contributed by atoms with van der Waals surface area (Å²) in [6.45, 7) is 3.50. The molecule has 0 radical (unpaired) electrons. The standard InChI is InChI=1S/C16H24N2O5/c1-3-22-15(20)14-10(2)17-16(21)18-12(14)9-23-13(19)8-11-6-4-5-7-11/h10-11H,3-9H2,1-2H3,(H2,17,18,21)/t10-/m0/s1. The molecule has 1 saturated carbocycles. The minimum absolute atomic E-state index is 0.128. The third kappa shape index (κ3) is 4.71. The fourth-order valence-corrected chi connectivity index (χ4v) is 3.06. The number of rotatable bonds is 6. The zero-order chi connectivity index (χ0) is 16.8. The molecule has 1 aliphatic heterocycles. The Morgan fingerprint density at radius 1 is 1.22 bits per heavy atom. The summed E-state index contributed by atoms with van der Waals surface area (Å²) < 4.78 is 10.3. The Bertz CT molecular complexity index is 509. The van der Waals surface area contributed by atoms with Crippen molar-refractivity contribution in [2.75, 3.05) is 13.2 Å². The van der Waals surface area contributed by atoms with Gasteiger partial charge in [-0.25, -0.2) is 9.59 Å². The number of ether oxygens (including phenoxy) is 2. The zero-order valence-corrected chi connectivity index (χ0v) is 13.6. The van der Waals surface area contributed by atoms with Crippen molar-refractivity contribution in [2.45, 2.75) is 52.0 Å². The van der Waals surface area contributed by atoms with Crippen LogP contribution in [0, 0.1) is 5.92 Å². The van der Waals surface area contributed by atoms with Gasteiger partial charge in [-0.05, 0) is 32.6 Å². The highest BCUT2D eigenvalue weighted by Gasteiger charge is 2.30. The average molecular weight is 324 g/mol. The molecule has 7 heteroatoms. The van der Waals surface area contributed by atoms with Gasteiger partial charge in [0.2, 0.25) is 0 Å². The van der Waals surface area contributed by atoms with Gasteiger partial charge in [0.05, 0.1) is 23.9 Å². The van der Waals surface area contributed by atoms with Gasteiger partial charge in [0.1, 0.15) is 6.61 Å². The lowest BCUT2D eigenvalue weighted by Gasteiger charge is -2.26. The zero-order valence-electron chi connectivity index (χ0n) is 13.6. The molecule has 0 aromatic heterocycles. The fourth-order valence-electron chi connectivity index (χ4n) is 3.06. The van der Waals surface area contributed by atoms with Gasteiger partial charge >= 0.3 is 18.0 Å². The van der Waals surface area contributed by atoms with Crippen molar-refractivity contribution in [3.8, 4) is 0 Å². The van der Waals surface area contributed by atoms with Gasteiger partial charge in [-0.15, -0.1) is 0 Å². The molecule has 23 heavy (non-hydrogen) atoms. The predicted octanol–water partition coefficient (Wildman–Crippen LogP) is 1.63. The van der Waals surface area contributed by atoms with Crippen LogP contribution in [0.3, 0.4) is 0 Å². The Hall–Kier alpha value is -2.05. The lowest BCUT2D eigenvalue weighted by Crippen LogP contribution is -2.50. The highest BCUT2D eigenvalue weighted by Crippen LogP contribution is 2.27. The van der Waals surface area contributed by atoms with E-state index in [4.69, 9.17) is 9.47 Å². The molecule has 128 valence electrons. The summed E-state index contributed by atoms with van der Waals surface area (Å²) in [6.07, 6.45) is 4.83. The van der Waals surface area contributed by atoms with Crippen molar-refractivity contribution in [3.63, 3.8) is 0 Å². The highest BCUT2D eigenvalue weighted by atomic mass is 16.5. The monoisotopic (exact) mass is 324 g/mol. The Kier molecular flexibility index (Phi) is 6.01. The Morgan fingerprint density at radius 2 is 1.91 bits per heavy atom. The lowest BCUT2D eigenvalue weighted by molar-refractivity contribution is -0.144. The molecule has 2 N–H and O–H groups in total. The van der Waals surface area contributed by atoms with Crippen molar-refractivity contribution in [3.05, 3.63) is 11.3 Å². The average Bonchev–Trinajstić information content (AvgIpc) is 2.97. The Labute approximate surface area is 135 Å². The molecule has 0 aromatic rings. The van der Waals surface area contributed by atoms with Crippen LogP contribution in [0.15, 0.2) is 11.3 Å². The van der Waals surface area contributed by atoms with E-state index in [2.05, 4.69) is 10.6 Å². The van der Waals surface area contributed by atoms with Crippen LogP contribution >= 0.6 is 0 Å². The number of esters is 2. The summed E-state index contributed by atoms with van der Waals surface area (Å²) in [5.41, 5.74) is 0.583. The van der Waals surface area contributed by atoms with Gasteiger partial charge in [0.25, 0.3) is 0 Å². The molecule has 0 unspecified atom stereocenters. The summed E-state index contributed by atoms with van der Waals surface area (Å²) in [7, 11) is 0. The first-order valence-electron chi connectivity index (χ1n) is 8.14. The normalized spacial score (nSPS) is 21.7. The number of amides is 2. The molecule has 0 spiro atoms. The number of carbonyl (C=O) groups is 3. The second-order valence-electron chi connectivity index (χ2n) is 5.95. The van der Waals surface area contributed by atoms with E-state index >= 15 is 0 Å². The first kappa shape index (κ1) is 17.3. The quantitative estimate of drug-likeness (QED) is 0.724. The maximum atomic E-state index is 12.0. The number of hydrogen-bond acceptors (Lipinski definition) is 5. The van der Waals surface area contributed by atoms with Gasteiger partial charge in [-0.1, -0.05) is 12.8 Å². The molecular formula is C16H24N2O5. The van der Waals surface area contributed by atoms with Gasteiger partial charge in [-0.2, -0.15) is 0 Å². The second-order valence-corrected chi connectivity index (χ2v) is 5.95. The van der Waals surface area contributed by atoms with Crippen LogP contribution in [0.2, 0.25) is 0 Å². The van der Waals surface area contributed by atoms with E-state index in [0.717, 1.165) is 25.7 Å². The van der Waals surface area contributed by atoms with Gasteiger partial charge in [0, 0.05) is 6.42 Å². The molecule has 2 amide bonds. The van der Waals surface area contributed by atoms with Crippen LogP contribution in [0.1, 0.15) is 46.0 Å². The minimum Gasteiger partial charge on any atom is -0.463 e. The summed E-state index contributed by atoms with van der Waals surface area (Å²) in [4.78, 5) is 35.5. The van der Waals surface area contributed by atoms with Crippen LogP contribution in [0.5, 0.6) is 0 Å². The lowest BCUT2D eigenvalue weighted by atomic mass is 10.0. The number of hydrogen-bond donors (Lipinski definition) is 2. The van der Waals surface area contributed by atoms with E-state index in [9.17, 15) is 14.4 Å². The van der Waals surface area contributed by atoms with E-state index in [0.29, 0.717) is 23.6 Å². The molecule has 1 fully saturated rings. The summed E-state index contributed by atoms with van der Waals surface area (Å²) in [6, 6.07) is -0.918. The van der Waals surface area contributed by atoms with Gasteiger partial charge < -0.3 is 20.1 Å². The third-order valence-electron chi connectivity index (χ3n) is 4.17. The van der Waals surface area contributed by atoms with E-state index < -0.39 is 18.0 Å². The van der Waals surface area contributed by atoms with Crippen molar-refractivity contribution in [1.29, 1.82) is 0 Å². The fraction of sp³-hybridized carbons (Fsp3) is 0.688. The smallest absolute Gasteiger partial charge is 0.338 e. The highest BCUT2D eigenvalue weighted by molar-refractivity contribution is 5.94. The van der Waals surface area contributed by atoms with Crippen LogP contribution in [0.4, 0.5) is 4.79 Å². The van der Waals surface area contributed by atoms with Crippen LogP contribution in [-0.4, -0.2) is 37.2 Å². The van der Waals surface area contributed by atoms with E-state index in [1.54, 1.807) is 13.8 Å². The van der Waals surface area contributed by atoms with Crippen molar-refractivity contribution in [2.24, 2.45) is 5.92 Å². The van der Waals surface area contributed by atoms with Crippen LogP contribution in [0.25, 0.3) is 0 Å². The minimum atomic E-state index is -0.519. The van der Waals surface area contributed by atoms with E-state index in [1.807, 2.05) is 0 Å². The van der Waals surface area contributed by atoms with Gasteiger partial charge in [-0.3, -0.25) is 4.79 Å². The molecule has 1 aliphatic carbocycles. The SMILES string of the molecule is CCOC(=O)C1=C(COC(=O)CC2CCCC2)NC(=O)N[C@H]1C. The van der Waals surface area contributed by atoms with E-state index in [-0.39, 0.29) is 19.2 Å². The van der Waals surface area contributed by atoms with Crippen molar-refractivity contribution < 1.29 is 23.9 Å². The molecular weight excluding hydrogens is 300 g/mol. The number of carbonyl (C=O) groups excluding carboxylic acids is 3. The first-order valence-corrected chi connectivity index (χ1v) is 8.14. The maximum absolute atomic E-state index is 12.0. The van der Waals surface area contributed by atoms with Crippen LogP contribution in [-0.2, 0) is 19.1 Å². The summed E-state index contributed by atoms with van der Waals surface area (Å²) in [5.74, 6) is -0.426. The largest absolute Gasteiger partial charge is 0.463 e. The van der Waals surface area contributed by atoms with Crippen molar-refractivity contribution in [1.82, 2.24) is 10.6 Å². The summed E-state index contributed by atoms with van der Waals surface area (Å²) in [5, 5.41) is 5.13. The van der Waals surface area contributed by atoms with Crippen molar-refractivity contribution >= 4 is 18.0 Å².